The molecular formula is C21H18O4. The Kier molecular flexibility index (Phi) is 5.00. The molecule has 0 atom stereocenters. The molecule has 0 amide bonds. The Morgan fingerprint density at radius 2 is 1.56 bits per heavy atom. The Labute approximate surface area is 146 Å². The predicted octanol–water partition coefficient (Wildman–Crippen LogP) is 4.64. The van der Waals surface area contributed by atoms with Gasteiger partial charge in [-0.2, -0.15) is 0 Å². The quantitative estimate of drug-likeness (QED) is 0.713. The fraction of sp³-hybridized carbons (Fsp3) is 0.0952. The molecule has 0 heterocycles. The number of methoxy groups -OCH3 is 1. The van der Waals surface area contributed by atoms with Crippen LogP contribution in [0.1, 0.15) is 15.9 Å². The van der Waals surface area contributed by atoms with Crippen molar-refractivity contribution in [2.24, 2.45) is 0 Å². The third-order valence-electron chi connectivity index (χ3n) is 3.86. The number of carboxylic acids is 1. The molecule has 126 valence electrons. The molecule has 0 spiro atoms. The van der Waals surface area contributed by atoms with Crippen LogP contribution in [0.3, 0.4) is 0 Å². The predicted molar refractivity (Wildman–Crippen MR) is 96.2 cm³/mol. The molecule has 3 rings (SSSR count). The minimum atomic E-state index is -0.988. The molecule has 0 bridgehead atoms. The molecule has 0 aromatic heterocycles. The highest BCUT2D eigenvalue weighted by molar-refractivity contribution is 5.90. The summed E-state index contributed by atoms with van der Waals surface area (Å²) >= 11 is 0. The summed E-state index contributed by atoms with van der Waals surface area (Å²) in [6.45, 7) is 0.452. The van der Waals surface area contributed by atoms with Crippen LogP contribution < -0.4 is 9.47 Å². The largest absolute Gasteiger partial charge is 0.496 e. The van der Waals surface area contributed by atoms with Crippen LogP contribution in [-0.4, -0.2) is 18.2 Å². The fourth-order valence-electron chi connectivity index (χ4n) is 2.60. The molecule has 3 aromatic rings. The van der Waals surface area contributed by atoms with E-state index in [1.807, 2.05) is 54.6 Å². The van der Waals surface area contributed by atoms with Crippen LogP contribution in [0.4, 0.5) is 0 Å². The number of hydrogen-bond donors (Lipinski definition) is 1. The van der Waals surface area contributed by atoms with E-state index in [1.165, 1.54) is 13.2 Å². The van der Waals surface area contributed by atoms with Crippen molar-refractivity contribution in [2.75, 3.05) is 7.11 Å². The molecule has 0 saturated heterocycles. The SMILES string of the molecule is COc1cc(C(=O)O)ccc1-c1ccccc1OCc1ccccc1. The van der Waals surface area contributed by atoms with E-state index in [9.17, 15) is 4.79 Å². The number of carbonyl (C=O) groups is 1. The molecule has 25 heavy (non-hydrogen) atoms. The third-order valence-corrected chi connectivity index (χ3v) is 3.86. The summed E-state index contributed by atoms with van der Waals surface area (Å²) < 4.78 is 11.4. The van der Waals surface area contributed by atoms with Crippen LogP contribution in [0.2, 0.25) is 0 Å². The van der Waals surface area contributed by atoms with Crippen molar-refractivity contribution in [2.45, 2.75) is 6.61 Å². The van der Waals surface area contributed by atoms with E-state index in [0.717, 1.165) is 16.7 Å². The zero-order chi connectivity index (χ0) is 17.6. The molecule has 0 aliphatic heterocycles. The lowest BCUT2D eigenvalue weighted by atomic mass is 10.0. The minimum Gasteiger partial charge on any atom is -0.496 e. The van der Waals surface area contributed by atoms with E-state index >= 15 is 0 Å². The summed E-state index contributed by atoms with van der Waals surface area (Å²) in [5.41, 5.74) is 2.90. The van der Waals surface area contributed by atoms with Crippen LogP contribution in [0, 0.1) is 0 Å². The molecule has 0 radical (unpaired) electrons. The van der Waals surface area contributed by atoms with Crippen molar-refractivity contribution < 1.29 is 19.4 Å². The third kappa shape index (κ3) is 3.80. The van der Waals surface area contributed by atoms with Gasteiger partial charge in [0.05, 0.1) is 12.7 Å². The van der Waals surface area contributed by atoms with Crippen LogP contribution in [0.5, 0.6) is 11.5 Å². The number of carboxylic acid groups (broad SMARTS) is 1. The normalized spacial score (nSPS) is 10.3. The van der Waals surface area contributed by atoms with Crippen molar-refractivity contribution in [3.8, 4) is 22.6 Å². The number of benzene rings is 3. The van der Waals surface area contributed by atoms with Gasteiger partial charge in [0.1, 0.15) is 18.1 Å². The van der Waals surface area contributed by atoms with Gasteiger partial charge < -0.3 is 14.6 Å². The van der Waals surface area contributed by atoms with Crippen molar-refractivity contribution in [3.05, 3.63) is 83.9 Å². The second kappa shape index (κ2) is 7.53. The van der Waals surface area contributed by atoms with Crippen LogP contribution in [0.25, 0.3) is 11.1 Å². The monoisotopic (exact) mass is 334 g/mol. The first-order valence-corrected chi connectivity index (χ1v) is 7.86. The van der Waals surface area contributed by atoms with Crippen LogP contribution in [0.15, 0.2) is 72.8 Å². The van der Waals surface area contributed by atoms with Gasteiger partial charge in [-0.1, -0.05) is 48.5 Å². The smallest absolute Gasteiger partial charge is 0.335 e. The van der Waals surface area contributed by atoms with Gasteiger partial charge in [0, 0.05) is 11.1 Å². The Morgan fingerprint density at radius 3 is 2.28 bits per heavy atom. The first kappa shape index (κ1) is 16.6. The topological polar surface area (TPSA) is 55.8 Å². The lowest BCUT2D eigenvalue weighted by Gasteiger charge is -2.14. The second-order valence-electron chi connectivity index (χ2n) is 5.49. The van der Waals surface area contributed by atoms with Gasteiger partial charge in [-0.15, -0.1) is 0 Å². The maximum Gasteiger partial charge on any atom is 0.335 e. The summed E-state index contributed by atoms with van der Waals surface area (Å²) in [7, 11) is 1.53. The molecule has 0 aliphatic rings. The van der Waals surface area contributed by atoms with Crippen molar-refractivity contribution in [1.82, 2.24) is 0 Å². The number of para-hydroxylation sites is 1. The zero-order valence-electron chi connectivity index (χ0n) is 13.8. The summed E-state index contributed by atoms with van der Waals surface area (Å²) in [5.74, 6) is 0.224. The van der Waals surface area contributed by atoms with Gasteiger partial charge in [0.15, 0.2) is 0 Å². The Balaban J connectivity index is 1.94. The van der Waals surface area contributed by atoms with Crippen molar-refractivity contribution in [3.63, 3.8) is 0 Å². The van der Waals surface area contributed by atoms with E-state index in [0.29, 0.717) is 18.1 Å². The summed E-state index contributed by atoms with van der Waals surface area (Å²) in [6.07, 6.45) is 0. The van der Waals surface area contributed by atoms with Crippen molar-refractivity contribution in [1.29, 1.82) is 0 Å². The number of rotatable bonds is 6. The van der Waals surface area contributed by atoms with Gasteiger partial charge in [0.2, 0.25) is 0 Å². The maximum atomic E-state index is 11.2. The minimum absolute atomic E-state index is 0.184. The van der Waals surface area contributed by atoms with E-state index in [2.05, 4.69) is 0 Å². The van der Waals surface area contributed by atoms with Gasteiger partial charge in [-0.25, -0.2) is 4.79 Å². The van der Waals surface area contributed by atoms with Crippen molar-refractivity contribution >= 4 is 5.97 Å². The molecule has 0 aliphatic carbocycles. The number of ether oxygens (including phenoxy) is 2. The lowest BCUT2D eigenvalue weighted by molar-refractivity contribution is 0.0696. The summed E-state index contributed by atoms with van der Waals surface area (Å²) in [4.78, 5) is 11.2. The molecule has 4 nitrogen and oxygen atoms in total. The lowest BCUT2D eigenvalue weighted by Crippen LogP contribution is -2.00. The molecule has 0 unspecified atom stereocenters. The highest BCUT2D eigenvalue weighted by Crippen LogP contribution is 2.37. The van der Waals surface area contributed by atoms with E-state index < -0.39 is 5.97 Å². The van der Waals surface area contributed by atoms with Crippen LogP contribution in [-0.2, 0) is 6.61 Å². The first-order chi connectivity index (χ1) is 12.2. The number of hydrogen-bond acceptors (Lipinski definition) is 3. The summed E-state index contributed by atoms with van der Waals surface area (Å²) in [5, 5.41) is 9.15. The average molecular weight is 334 g/mol. The van der Waals surface area contributed by atoms with Crippen LogP contribution >= 0.6 is 0 Å². The van der Waals surface area contributed by atoms with Gasteiger partial charge >= 0.3 is 5.97 Å². The Bertz CT molecular complexity index is 872. The molecule has 1 N–H and O–H groups in total. The second-order valence-corrected chi connectivity index (χ2v) is 5.49. The molecule has 4 heteroatoms. The molecule has 3 aromatic carbocycles. The van der Waals surface area contributed by atoms with E-state index in [-0.39, 0.29) is 5.56 Å². The fourth-order valence-corrected chi connectivity index (χ4v) is 2.60. The maximum absolute atomic E-state index is 11.2. The molecule has 0 fully saturated rings. The first-order valence-electron chi connectivity index (χ1n) is 7.86. The summed E-state index contributed by atoms with van der Waals surface area (Å²) in [6, 6.07) is 22.4. The zero-order valence-corrected chi connectivity index (χ0v) is 13.8. The average Bonchev–Trinajstić information content (AvgIpc) is 2.67. The van der Waals surface area contributed by atoms with E-state index in [4.69, 9.17) is 14.6 Å². The highest BCUT2D eigenvalue weighted by atomic mass is 16.5. The highest BCUT2D eigenvalue weighted by Gasteiger charge is 2.14. The molecular weight excluding hydrogens is 316 g/mol. The van der Waals surface area contributed by atoms with Gasteiger partial charge in [0.25, 0.3) is 0 Å². The number of aromatic carboxylic acids is 1. The molecule has 0 saturated carbocycles. The standard InChI is InChI=1S/C21H18O4/c1-24-20-13-16(21(22)23)11-12-18(20)17-9-5-6-10-19(17)25-14-15-7-3-2-4-8-15/h2-13H,14H2,1H3,(H,22,23). The van der Waals surface area contributed by atoms with Gasteiger partial charge in [-0.05, 0) is 29.8 Å². The Morgan fingerprint density at radius 1 is 0.880 bits per heavy atom. The van der Waals surface area contributed by atoms with Gasteiger partial charge in [-0.3, -0.25) is 0 Å². The van der Waals surface area contributed by atoms with E-state index in [1.54, 1.807) is 12.1 Å². The Hall–Kier alpha value is -3.27.